The first kappa shape index (κ1) is 13.2. The summed E-state index contributed by atoms with van der Waals surface area (Å²) < 4.78 is 0. The quantitative estimate of drug-likeness (QED) is 0.825. The lowest BCUT2D eigenvalue weighted by atomic mass is 9.94. The molecule has 1 rings (SSSR count). The first-order valence-corrected chi connectivity index (χ1v) is 4.10. The van der Waals surface area contributed by atoms with Crippen LogP contribution in [0.1, 0.15) is 12.5 Å². The summed E-state index contributed by atoms with van der Waals surface area (Å²) in [6, 6.07) is 6.53. The number of halogens is 2. The molecule has 1 aromatic rings. The summed E-state index contributed by atoms with van der Waals surface area (Å²) in [5, 5.41) is 9.30. The van der Waals surface area contributed by atoms with E-state index in [0.29, 0.717) is 10.6 Å². The zero-order valence-corrected chi connectivity index (χ0v) is 9.10. The van der Waals surface area contributed by atoms with E-state index in [2.05, 4.69) is 0 Å². The third-order valence-electron chi connectivity index (χ3n) is 1.87. The highest BCUT2D eigenvalue weighted by atomic mass is 35.5. The lowest BCUT2D eigenvalue weighted by molar-refractivity contribution is -0.143. The van der Waals surface area contributed by atoms with Gasteiger partial charge in [0.1, 0.15) is 5.54 Å². The average Bonchev–Trinajstić information content (AvgIpc) is 2.04. The molecule has 0 fully saturated rings. The maximum Gasteiger partial charge on any atom is 0.328 e. The van der Waals surface area contributed by atoms with Gasteiger partial charge in [0, 0.05) is 5.02 Å². The molecule has 3 N–H and O–H groups in total. The normalized spacial score (nSPS) is 13.9. The Morgan fingerprint density at radius 2 is 2.14 bits per heavy atom. The van der Waals surface area contributed by atoms with Gasteiger partial charge in [0.05, 0.1) is 0 Å². The standard InChI is InChI=1S/C9H10ClNO2.ClH/c1-9(11,8(12)13)6-3-2-4-7(10)5-6;/h2-5H,11H2,1H3,(H,12,13);1H. The van der Waals surface area contributed by atoms with Crippen molar-refractivity contribution < 1.29 is 9.90 Å². The molecule has 0 aliphatic heterocycles. The highest BCUT2D eigenvalue weighted by Crippen LogP contribution is 2.21. The van der Waals surface area contributed by atoms with Crippen LogP contribution in [0, 0.1) is 0 Å². The zero-order valence-electron chi connectivity index (χ0n) is 7.53. The van der Waals surface area contributed by atoms with Gasteiger partial charge in [-0.3, -0.25) is 0 Å². The minimum Gasteiger partial charge on any atom is -0.480 e. The molecule has 0 saturated carbocycles. The van der Waals surface area contributed by atoms with Crippen LogP contribution in [0.5, 0.6) is 0 Å². The van der Waals surface area contributed by atoms with Gasteiger partial charge in [0.15, 0.2) is 0 Å². The van der Waals surface area contributed by atoms with Gasteiger partial charge in [-0.25, -0.2) is 4.79 Å². The average molecular weight is 236 g/mol. The Bertz CT molecular complexity index is 339. The van der Waals surface area contributed by atoms with Crippen LogP contribution in [0.3, 0.4) is 0 Å². The number of rotatable bonds is 2. The molecular weight excluding hydrogens is 225 g/mol. The molecule has 78 valence electrons. The third-order valence-corrected chi connectivity index (χ3v) is 2.10. The molecule has 0 saturated heterocycles. The van der Waals surface area contributed by atoms with E-state index in [9.17, 15) is 4.79 Å². The van der Waals surface area contributed by atoms with E-state index in [0.717, 1.165) is 0 Å². The Labute approximate surface area is 93.3 Å². The zero-order chi connectivity index (χ0) is 10.1. The summed E-state index contributed by atoms with van der Waals surface area (Å²) in [4.78, 5) is 10.8. The molecule has 0 aromatic heterocycles. The van der Waals surface area contributed by atoms with Crippen LogP contribution in [-0.2, 0) is 10.3 Å². The Hall–Kier alpha value is -0.770. The van der Waals surface area contributed by atoms with E-state index >= 15 is 0 Å². The van der Waals surface area contributed by atoms with Gasteiger partial charge in [-0.15, -0.1) is 12.4 Å². The molecule has 0 bridgehead atoms. The Morgan fingerprint density at radius 3 is 2.57 bits per heavy atom. The van der Waals surface area contributed by atoms with Crippen molar-refractivity contribution in [3.63, 3.8) is 0 Å². The third kappa shape index (κ3) is 2.61. The largest absolute Gasteiger partial charge is 0.480 e. The number of hydrogen-bond donors (Lipinski definition) is 2. The van der Waals surface area contributed by atoms with Crippen LogP contribution < -0.4 is 5.73 Å². The summed E-state index contributed by atoms with van der Waals surface area (Å²) in [7, 11) is 0. The molecule has 0 amide bonds. The summed E-state index contributed by atoms with van der Waals surface area (Å²) in [5.74, 6) is -1.07. The van der Waals surface area contributed by atoms with E-state index in [1.807, 2.05) is 0 Å². The highest BCUT2D eigenvalue weighted by molar-refractivity contribution is 6.30. The van der Waals surface area contributed by atoms with E-state index in [-0.39, 0.29) is 12.4 Å². The van der Waals surface area contributed by atoms with Crippen molar-refractivity contribution in [2.24, 2.45) is 5.73 Å². The van der Waals surface area contributed by atoms with Crippen LogP contribution in [-0.4, -0.2) is 11.1 Å². The van der Waals surface area contributed by atoms with E-state index < -0.39 is 11.5 Å². The molecule has 5 heteroatoms. The van der Waals surface area contributed by atoms with Crippen LogP contribution >= 0.6 is 24.0 Å². The molecule has 1 atom stereocenters. The van der Waals surface area contributed by atoms with E-state index in [1.54, 1.807) is 24.3 Å². The van der Waals surface area contributed by atoms with Crippen LogP contribution in [0.25, 0.3) is 0 Å². The highest BCUT2D eigenvalue weighted by Gasteiger charge is 2.29. The van der Waals surface area contributed by atoms with Crippen molar-refractivity contribution in [2.45, 2.75) is 12.5 Å². The number of carboxylic acids is 1. The lowest BCUT2D eigenvalue weighted by Crippen LogP contribution is -2.41. The number of carbonyl (C=O) groups is 1. The molecule has 1 aromatic carbocycles. The minimum absolute atomic E-state index is 0. The minimum atomic E-state index is -1.38. The van der Waals surface area contributed by atoms with Gasteiger partial charge < -0.3 is 10.8 Å². The molecule has 1 unspecified atom stereocenters. The van der Waals surface area contributed by atoms with Gasteiger partial charge in [-0.2, -0.15) is 0 Å². The molecule has 0 spiro atoms. The summed E-state index contributed by atoms with van der Waals surface area (Å²) in [5.41, 5.74) is 4.70. The molecule has 0 aliphatic carbocycles. The lowest BCUT2D eigenvalue weighted by Gasteiger charge is -2.19. The van der Waals surface area contributed by atoms with Gasteiger partial charge >= 0.3 is 5.97 Å². The SMILES string of the molecule is CC(N)(C(=O)O)c1cccc(Cl)c1.Cl. The van der Waals surface area contributed by atoms with Crippen molar-refractivity contribution in [1.82, 2.24) is 0 Å². The second kappa shape index (κ2) is 4.64. The predicted octanol–water partition coefficient (Wildman–Crippen LogP) is 2.02. The fraction of sp³-hybridized carbons (Fsp3) is 0.222. The Kier molecular flexibility index (Phi) is 4.39. The molecule has 14 heavy (non-hydrogen) atoms. The summed E-state index contributed by atoms with van der Waals surface area (Å²) in [6.45, 7) is 1.43. The molecule has 0 aliphatic rings. The number of benzene rings is 1. The van der Waals surface area contributed by atoms with Crippen molar-refractivity contribution in [3.8, 4) is 0 Å². The van der Waals surface area contributed by atoms with Crippen LogP contribution in [0.15, 0.2) is 24.3 Å². The van der Waals surface area contributed by atoms with Gasteiger partial charge in [-0.1, -0.05) is 23.7 Å². The topological polar surface area (TPSA) is 63.3 Å². The number of carboxylic acid groups (broad SMARTS) is 1. The summed E-state index contributed by atoms with van der Waals surface area (Å²) >= 11 is 5.71. The van der Waals surface area contributed by atoms with Crippen molar-refractivity contribution in [2.75, 3.05) is 0 Å². The van der Waals surface area contributed by atoms with Gasteiger partial charge in [-0.05, 0) is 24.6 Å². The first-order chi connectivity index (χ1) is 5.94. The monoisotopic (exact) mass is 235 g/mol. The van der Waals surface area contributed by atoms with E-state index in [1.165, 1.54) is 6.92 Å². The second-order valence-electron chi connectivity index (χ2n) is 3.02. The van der Waals surface area contributed by atoms with Crippen molar-refractivity contribution in [1.29, 1.82) is 0 Å². The molecule has 0 radical (unpaired) electrons. The number of aliphatic carboxylic acids is 1. The molecule has 3 nitrogen and oxygen atoms in total. The van der Waals surface area contributed by atoms with Crippen molar-refractivity contribution in [3.05, 3.63) is 34.9 Å². The Balaban J connectivity index is 0.00000169. The fourth-order valence-electron chi connectivity index (χ4n) is 0.935. The van der Waals surface area contributed by atoms with Gasteiger partial charge in [0.2, 0.25) is 0 Å². The predicted molar refractivity (Wildman–Crippen MR) is 57.9 cm³/mol. The second-order valence-corrected chi connectivity index (χ2v) is 3.45. The number of nitrogens with two attached hydrogens (primary N) is 1. The summed E-state index contributed by atoms with van der Waals surface area (Å²) in [6.07, 6.45) is 0. The Morgan fingerprint density at radius 1 is 1.57 bits per heavy atom. The first-order valence-electron chi connectivity index (χ1n) is 3.73. The number of hydrogen-bond acceptors (Lipinski definition) is 2. The maximum atomic E-state index is 10.8. The van der Waals surface area contributed by atoms with Crippen molar-refractivity contribution >= 4 is 30.0 Å². The molecular formula is C9H11Cl2NO2. The molecule has 0 heterocycles. The van der Waals surface area contributed by atoms with Crippen LogP contribution in [0.4, 0.5) is 0 Å². The maximum absolute atomic E-state index is 10.8. The fourth-order valence-corrected chi connectivity index (χ4v) is 1.13. The van der Waals surface area contributed by atoms with Gasteiger partial charge in [0.25, 0.3) is 0 Å². The van der Waals surface area contributed by atoms with Crippen LogP contribution in [0.2, 0.25) is 5.02 Å². The van der Waals surface area contributed by atoms with E-state index in [4.69, 9.17) is 22.4 Å². The smallest absolute Gasteiger partial charge is 0.328 e.